The summed E-state index contributed by atoms with van der Waals surface area (Å²) < 4.78 is 8.30. The second-order valence-corrected chi connectivity index (χ2v) is 8.98. The molecule has 2 aromatic rings. The van der Waals surface area contributed by atoms with E-state index in [0.717, 1.165) is 23.7 Å². The third-order valence-corrected chi connectivity index (χ3v) is 5.03. The topological polar surface area (TPSA) is 99.6 Å². The van der Waals surface area contributed by atoms with Crippen LogP contribution in [0.15, 0.2) is 43.1 Å². The maximum atomic E-state index is 12.8. The number of fused-ring (bicyclic) bond motifs is 1. The van der Waals surface area contributed by atoms with Crippen LogP contribution >= 0.6 is 0 Å². The van der Waals surface area contributed by atoms with Crippen LogP contribution in [-0.2, 0) is 6.54 Å². The van der Waals surface area contributed by atoms with Gasteiger partial charge in [-0.1, -0.05) is 45.9 Å². The molecule has 0 spiro atoms. The number of hydrogen-bond donors (Lipinski definition) is 3. The number of aromatic nitrogens is 2. The maximum Gasteiger partial charge on any atom is 0.535 e. The van der Waals surface area contributed by atoms with Gasteiger partial charge in [0.1, 0.15) is 0 Å². The van der Waals surface area contributed by atoms with E-state index in [2.05, 4.69) is 23.9 Å². The number of nitrogens with one attached hydrogen (secondary N) is 1. The number of carbonyl (C=O) groups excluding carboxylic acids is 1. The van der Waals surface area contributed by atoms with Crippen molar-refractivity contribution in [2.24, 2.45) is 5.92 Å². The molecule has 1 aromatic carbocycles. The Morgan fingerprint density at radius 3 is 2.73 bits per heavy atom. The Bertz CT molecular complexity index is 1030. The summed E-state index contributed by atoms with van der Waals surface area (Å²) in [6.07, 6.45) is 9.15. The Balaban J connectivity index is 2.40. The van der Waals surface area contributed by atoms with Gasteiger partial charge < -0.3 is 15.1 Å². The van der Waals surface area contributed by atoms with Crippen molar-refractivity contribution >= 4 is 28.3 Å². The molecule has 2 rings (SSSR count). The van der Waals surface area contributed by atoms with Crippen LogP contribution < -0.4 is 10.1 Å². The summed E-state index contributed by atoms with van der Waals surface area (Å²) in [6, 6.07) is 2.87. The van der Waals surface area contributed by atoms with Gasteiger partial charge in [0, 0.05) is 30.1 Å². The molecule has 8 heteroatoms. The monoisotopic (exact) mass is 457 g/mol. The number of amides is 2. The number of carbonyl (C=O) groups is 1. The van der Waals surface area contributed by atoms with Crippen molar-refractivity contribution in [2.45, 2.75) is 66.0 Å². The third kappa shape index (κ3) is 7.75. The number of allylic oxidation sites excluding steroid dienone is 3. The molecule has 0 saturated carbocycles. The van der Waals surface area contributed by atoms with Crippen molar-refractivity contribution in [3.05, 3.63) is 43.1 Å². The van der Waals surface area contributed by atoms with Crippen LogP contribution in [0, 0.1) is 5.92 Å². The van der Waals surface area contributed by atoms with Crippen LogP contribution in [0.4, 0.5) is 10.5 Å². The van der Waals surface area contributed by atoms with Gasteiger partial charge in [-0.25, -0.2) is 0 Å². The van der Waals surface area contributed by atoms with Crippen molar-refractivity contribution in [1.29, 1.82) is 0 Å². The summed E-state index contributed by atoms with van der Waals surface area (Å²) in [5.74, 6) is 0.395. The van der Waals surface area contributed by atoms with Gasteiger partial charge in [0.15, 0.2) is 17.1 Å². The standard InChI is InChI=1S/C25H36N4O4/c1-7-9-11-22(18(3)4)29(32)24(30)26-21-15-19-17-28(13-12-25(5,6)31)27-20(19)16-23(21)33-14-10-8-2/h7,9,11,15-18,31H,1,8,10,12-14H2,2-6H3,(H-,26,30,32)/p+1/b11-9-,29-22-. The van der Waals surface area contributed by atoms with E-state index in [1.807, 2.05) is 20.0 Å². The SMILES string of the molecule is C=C/C=C\C(C(C)C)=[N+](\O)C(=O)Nc1cc2cn(CCC(C)(C)O)nc2cc1OCCCC. The van der Waals surface area contributed by atoms with Crippen LogP contribution in [-0.4, -0.2) is 48.8 Å². The molecule has 33 heavy (non-hydrogen) atoms. The Labute approximate surface area is 195 Å². The van der Waals surface area contributed by atoms with Crippen LogP contribution in [0.1, 0.15) is 53.9 Å². The van der Waals surface area contributed by atoms with Gasteiger partial charge in [-0.15, -0.1) is 0 Å². The first-order chi connectivity index (χ1) is 15.6. The Kier molecular flexibility index (Phi) is 9.22. The molecule has 0 unspecified atom stereocenters. The molecule has 0 aliphatic heterocycles. The van der Waals surface area contributed by atoms with Crippen molar-refractivity contribution in [3.8, 4) is 5.75 Å². The molecule has 1 aromatic heterocycles. The van der Waals surface area contributed by atoms with Crippen molar-refractivity contribution in [3.63, 3.8) is 0 Å². The van der Waals surface area contributed by atoms with E-state index in [0.29, 0.717) is 41.5 Å². The van der Waals surface area contributed by atoms with Gasteiger partial charge in [-0.2, -0.15) is 15.2 Å². The van der Waals surface area contributed by atoms with E-state index in [1.54, 1.807) is 48.9 Å². The zero-order valence-corrected chi connectivity index (χ0v) is 20.3. The fraction of sp³-hybridized carbons (Fsp3) is 0.480. The van der Waals surface area contributed by atoms with E-state index in [1.165, 1.54) is 0 Å². The highest BCUT2D eigenvalue weighted by Gasteiger charge is 2.25. The minimum Gasteiger partial charge on any atom is -0.489 e. The molecule has 0 aliphatic carbocycles. The first-order valence-corrected chi connectivity index (χ1v) is 11.4. The number of nitrogens with zero attached hydrogens (tertiary/aromatic N) is 3. The smallest absolute Gasteiger partial charge is 0.489 e. The van der Waals surface area contributed by atoms with Gasteiger partial charge >= 0.3 is 6.03 Å². The largest absolute Gasteiger partial charge is 0.535 e. The zero-order valence-electron chi connectivity index (χ0n) is 20.3. The van der Waals surface area contributed by atoms with Crippen LogP contribution in [0.5, 0.6) is 5.75 Å². The third-order valence-electron chi connectivity index (χ3n) is 5.03. The number of hydrogen-bond acceptors (Lipinski definition) is 5. The van der Waals surface area contributed by atoms with E-state index in [4.69, 9.17) is 4.74 Å². The summed E-state index contributed by atoms with van der Waals surface area (Å²) >= 11 is 0. The molecule has 0 aliphatic rings. The number of aryl methyl sites for hydroxylation is 1. The molecular formula is C25H37N4O4+. The molecular weight excluding hydrogens is 420 g/mol. The summed E-state index contributed by atoms with van der Waals surface area (Å²) in [7, 11) is 0. The lowest BCUT2D eigenvalue weighted by molar-refractivity contribution is -0.697. The van der Waals surface area contributed by atoms with Crippen LogP contribution in [0.3, 0.4) is 0 Å². The molecule has 0 bridgehead atoms. The van der Waals surface area contributed by atoms with E-state index >= 15 is 0 Å². The fourth-order valence-electron chi connectivity index (χ4n) is 3.11. The number of urea groups is 1. The van der Waals surface area contributed by atoms with Crippen LogP contribution in [0.25, 0.3) is 10.9 Å². The first-order valence-electron chi connectivity index (χ1n) is 11.4. The summed E-state index contributed by atoms with van der Waals surface area (Å²) in [6.45, 7) is 14.0. The van der Waals surface area contributed by atoms with Crippen molar-refractivity contribution in [1.82, 2.24) is 9.78 Å². The average Bonchev–Trinajstić information content (AvgIpc) is 3.13. The molecule has 0 radical (unpaired) electrons. The summed E-state index contributed by atoms with van der Waals surface area (Å²) in [5, 5.41) is 28.7. The molecule has 8 nitrogen and oxygen atoms in total. The second-order valence-electron chi connectivity index (χ2n) is 8.98. The second kappa shape index (κ2) is 11.7. The zero-order chi connectivity index (χ0) is 24.6. The number of rotatable bonds is 11. The first kappa shape index (κ1) is 26.1. The highest BCUT2D eigenvalue weighted by atomic mass is 16.5. The Morgan fingerprint density at radius 1 is 1.39 bits per heavy atom. The predicted molar refractivity (Wildman–Crippen MR) is 131 cm³/mol. The maximum absolute atomic E-state index is 12.8. The number of benzene rings is 1. The number of hydroxylamine groups is 1. The van der Waals surface area contributed by atoms with E-state index in [-0.39, 0.29) is 5.92 Å². The van der Waals surface area contributed by atoms with Gasteiger partial charge in [-0.3, -0.25) is 4.68 Å². The van der Waals surface area contributed by atoms with Crippen LogP contribution in [0.2, 0.25) is 0 Å². The number of unbranched alkanes of at least 4 members (excludes halogenated alkanes) is 1. The predicted octanol–water partition coefficient (Wildman–Crippen LogP) is 5.15. The highest BCUT2D eigenvalue weighted by molar-refractivity contribution is 5.98. The summed E-state index contributed by atoms with van der Waals surface area (Å²) in [4.78, 5) is 12.8. The molecule has 0 atom stereocenters. The highest BCUT2D eigenvalue weighted by Crippen LogP contribution is 2.31. The lowest BCUT2D eigenvalue weighted by Gasteiger charge is -2.16. The minimum atomic E-state index is -0.791. The molecule has 0 fully saturated rings. The van der Waals surface area contributed by atoms with E-state index < -0.39 is 11.6 Å². The van der Waals surface area contributed by atoms with Crippen molar-refractivity contribution < 1.29 is 24.6 Å². The lowest BCUT2D eigenvalue weighted by Crippen LogP contribution is -2.31. The normalized spacial score (nSPS) is 12.9. The number of aliphatic hydroxyl groups is 1. The van der Waals surface area contributed by atoms with Crippen molar-refractivity contribution in [2.75, 3.05) is 11.9 Å². The minimum absolute atomic E-state index is 0.0892. The van der Waals surface area contributed by atoms with Gasteiger partial charge in [0.2, 0.25) is 0 Å². The lowest BCUT2D eigenvalue weighted by atomic mass is 10.1. The molecule has 3 N–H and O–H groups in total. The fourth-order valence-corrected chi connectivity index (χ4v) is 3.11. The quantitative estimate of drug-likeness (QED) is 0.0824. The Morgan fingerprint density at radius 2 is 2.12 bits per heavy atom. The van der Waals surface area contributed by atoms with E-state index in [9.17, 15) is 15.1 Å². The summed E-state index contributed by atoms with van der Waals surface area (Å²) in [5.41, 5.74) is 0.808. The molecule has 2 amide bonds. The van der Waals surface area contributed by atoms with Gasteiger partial charge in [0.05, 0.1) is 17.7 Å². The Hall–Kier alpha value is -3.13. The molecule has 1 heterocycles. The average molecular weight is 458 g/mol. The van der Waals surface area contributed by atoms with Gasteiger partial charge in [0.25, 0.3) is 0 Å². The number of ether oxygens (including phenoxy) is 1. The number of anilines is 1. The van der Waals surface area contributed by atoms with Gasteiger partial charge in [-0.05, 0) is 43.6 Å². The molecule has 0 saturated heterocycles. The molecule has 180 valence electrons.